The summed E-state index contributed by atoms with van der Waals surface area (Å²) in [5, 5.41) is 4.77. The number of halogens is 1. The Morgan fingerprint density at radius 3 is 2.89 bits per heavy atom. The van der Waals surface area contributed by atoms with E-state index in [0.717, 1.165) is 18.6 Å². The molecule has 2 N–H and O–H groups in total. The molecule has 0 bridgehead atoms. The molecule has 0 fully saturated rings. The summed E-state index contributed by atoms with van der Waals surface area (Å²) in [6.07, 6.45) is 7.28. The highest BCUT2D eigenvalue weighted by molar-refractivity contribution is 5.91. The normalized spacial score (nSPS) is 18.2. The molecule has 0 radical (unpaired) electrons. The summed E-state index contributed by atoms with van der Waals surface area (Å²) in [7, 11) is 0. The summed E-state index contributed by atoms with van der Waals surface area (Å²) >= 11 is 0. The van der Waals surface area contributed by atoms with Crippen LogP contribution >= 0.6 is 12.4 Å². The first-order valence-corrected chi connectivity index (χ1v) is 6.02. The van der Waals surface area contributed by atoms with Crippen molar-refractivity contribution in [2.45, 2.75) is 25.8 Å². The molecule has 1 aliphatic rings. The largest absolute Gasteiger partial charge is 0.346 e. The Morgan fingerprint density at radius 2 is 2.17 bits per heavy atom. The minimum Gasteiger partial charge on any atom is -0.346 e. The van der Waals surface area contributed by atoms with E-state index in [1.807, 2.05) is 12.3 Å². The van der Waals surface area contributed by atoms with Gasteiger partial charge in [-0.2, -0.15) is 0 Å². The maximum absolute atomic E-state index is 4.32. The highest BCUT2D eigenvalue weighted by Crippen LogP contribution is 2.27. The molecule has 2 aromatic rings. The molecule has 3 rings (SSSR count). The summed E-state index contributed by atoms with van der Waals surface area (Å²) in [4.78, 5) is 7.55. The molecule has 2 aromatic heterocycles. The number of pyridine rings is 1. The Kier molecular flexibility index (Phi) is 3.46. The second kappa shape index (κ2) is 4.75. The Bertz CT molecular complexity index is 583. The lowest BCUT2D eigenvalue weighted by Gasteiger charge is -2.30. The van der Waals surface area contributed by atoms with Crippen molar-refractivity contribution in [3.63, 3.8) is 0 Å². The van der Waals surface area contributed by atoms with E-state index in [1.54, 1.807) is 0 Å². The van der Waals surface area contributed by atoms with Gasteiger partial charge in [0.1, 0.15) is 5.65 Å². The first-order valence-electron chi connectivity index (χ1n) is 6.02. The van der Waals surface area contributed by atoms with Crippen molar-refractivity contribution in [1.82, 2.24) is 15.3 Å². The Balaban J connectivity index is 0.00000120. The van der Waals surface area contributed by atoms with Gasteiger partial charge >= 0.3 is 0 Å². The van der Waals surface area contributed by atoms with Gasteiger partial charge in [0.05, 0.1) is 0 Å². The molecule has 0 saturated carbocycles. The van der Waals surface area contributed by atoms with Crippen LogP contribution in [0.3, 0.4) is 0 Å². The fourth-order valence-corrected chi connectivity index (χ4v) is 2.28. The fraction of sp³-hybridized carbons (Fsp3) is 0.357. The van der Waals surface area contributed by atoms with Crippen molar-refractivity contribution in [3.05, 3.63) is 36.2 Å². The van der Waals surface area contributed by atoms with Crippen LogP contribution in [0.1, 0.15) is 25.8 Å². The third kappa shape index (κ3) is 2.28. The zero-order valence-corrected chi connectivity index (χ0v) is 11.5. The van der Waals surface area contributed by atoms with Gasteiger partial charge in [0.2, 0.25) is 0 Å². The second-order valence-electron chi connectivity index (χ2n) is 5.27. The molecular weight excluding hydrogens is 246 g/mol. The van der Waals surface area contributed by atoms with Crippen LogP contribution in [0.5, 0.6) is 0 Å². The molecule has 4 heteroatoms. The first kappa shape index (κ1) is 13.1. The van der Waals surface area contributed by atoms with Crippen molar-refractivity contribution in [2.75, 3.05) is 6.54 Å². The average molecular weight is 264 g/mol. The van der Waals surface area contributed by atoms with Crippen LogP contribution in [0, 0.1) is 0 Å². The van der Waals surface area contributed by atoms with Crippen LogP contribution in [-0.4, -0.2) is 22.1 Å². The lowest BCUT2D eigenvalue weighted by atomic mass is 9.92. The van der Waals surface area contributed by atoms with E-state index >= 15 is 0 Å². The van der Waals surface area contributed by atoms with Crippen LogP contribution < -0.4 is 5.32 Å². The van der Waals surface area contributed by atoms with Gasteiger partial charge in [-0.1, -0.05) is 6.08 Å². The quantitative estimate of drug-likeness (QED) is 0.830. The number of hydrogen-bond acceptors (Lipinski definition) is 2. The van der Waals surface area contributed by atoms with Gasteiger partial charge in [0.15, 0.2) is 0 Å². The van der Waals surface area contributed by atoms with Gasteiger partial charge in [0.25, 0.3) is 0 Å². The van der Waals surface area contributed by atoms with E-state index < -0.39 is 0 Å². The predicted octanol–water partition coefficient (Wildman–Crippen LogP) is 3.14. The third-order valence-corrected chi connectivity index (χ3v) is 3.41. The minimum absolute atomic E-state index is 0. The van der Waals surface area contributed by atoms with Crippen molar-refractivity contribution in [2.24, 2.45) is 0 Å². The molecule has 3 nitrogen and oxygen atoms in total. The second-order valence-corrected chi connectivity index (χ2v) is 5.27. The van der Waals surface area contributed by atoms with Crippen molar-refractivity contribution >= 4 is 29.0 Å². The summed E-state index contributed by atoms with van der Waals surface area (Å²) in [6, 6.07) is 4.11. The average Bonchev–Trinajstić information content (AvgIpc) is 2.73. The Morgan fingerprint density at radius 1 is 1.33 bits per heavy atom. The van der Waals surface area contributed by atoms with E-state index in [2.05, 4.69) is 47.5 Å². The molecule has 0 atom stereocenters. The maximum atomic E-state index is 4.32. The van der Waals surface area contributed by atoms with Crippen LogP contribution in [0.4, 0.5) is 0 Å². The Labute approximate surface area is 113 Å². The van der Waals surface area contributed by atoms with E-state index in [0.29, 0.717) is 0 Å². The molecule has 0 aromatic carbocycles. The molecule has 0 aliphatic carbocycles. The minimum atomic E-state index is 0. The van der Waals surface area contributed by atoms with Gasteiger partial charge in [-0.3, -0.25) is 0 Å². The summed E-state index contributed by atoms with van der Waals surface area (Å²) in [6.45, 7) is 5.39. The van der Waals surface area contributed by atoms with Crippen LogP contribution in [0.2, 0.25) is 0 Å². The Hall–Kier alpha value is -1.32. The first-order chi connectivity index (χ1) is 8.16. The molecular formula is C14H18ClN3. The predicted molar refractivity (Wildman–Crippen MR) is 78.0 cm³/mol. The van der Waals surface area contributed by atoms with E-state index in [9.17, 15) is 0 Å². The number of rotatable bonds is 1. The zero-order valence-electron chi connectivity index (χ0n) is 10.7. The highest BCUT2D eigenvalue weighted by Gasteiger charge is 2.21. The molecule has 0 unspecified atom stereocenters. The van der Waals surface area contributed by atoms with Gasteiger partial charge in [-0.25, -0.2) is 4.98 Å². The van der Waals surface area contributed by atoms with E-state index in [4.69, 9.17) is 0 Å². The molecule has 0 amide bonds. The smallest absolute Gasteiger partial charge is 0.137 e. The van der Waals surface area contributed by atoms with Crippen molar-refractivity contribution in [1.29, 1.82) is 0 Å². The monoisotopic (exact) mass is 263 g/mol. The van der Waals surface area contributed by atoms with Crippen LogP contribution in [-0.2, 0) is 0 Å². The number of fused-ring (bicyclic) bond motifs is 1. The number of nitrogens with zero attached hydrogens (tertiary/aromatic N) is 1. The number of H-pyrrole nitrogens is 1. The maximum Gasteiger partial charge on any atom is 0.137 e. The topological polar surface area (TPSA) is 40.7 Å². The number of aromatic nitrogens is 2. The molecule has 0 saturated heterocycles. The molecule has 0 spiro atoms. The van der Waals surface area contributed by atoms with Crippen molar-refractivity contribution < 1.29 is 0 Å². The van der Waals surface area contributed by atoms with Crippen LogP contribution in [0.15, 0.2) is 30.6 Å². The van der Waals surface area contributed by atoms with E-state index in [-0.39, 0.29) is 17.9 Å². The van der Waals surface area contributed by atoms with E-state index in [1.165, 1.54) is 16.5 Å². The lowest BCUT2D eigenvalue weighted by molar-refractivity contribution is 0.404. The molecule has 3 heterocycles. The van der Waals surface area contributed by atoms with Gasteiger partial charge in [0, 0.05) is 35.4 Å². The van der Waals surface area contributed by atoms with Gasteiger partial charge in [-0.15, -0.1) is 12.4 Å². The summed E-state index contributed by atoms with van der Waals surface area (Å²) in [5.41, 5.74) is 3.82. The number of nitrogens with one attached hydrogen (secondary N) is 2. The summed E-state index contributed by atoms with van der Waals surface area (Å²) in [5.74, 6) is 0. The molecule has 18 heavy (non-hydrogen) atoms. The summed E-state index contributed by atoms with van der Waals surface area (Å²) < 4.78 is 0. The number of aromatic amines is 1. The zero-order chi connectivity index (χ0) is 11.9. The van der Waals surface area contributed by atoms with Gasteiger partial charge in [-0.05, 0) is 38.0 Å². The van der Waals surface area contributed by atoms with Crippen molar-refractivity contribution in [3.8, 4) is 0 Å². The molecule has 96 valence electrons. The van der Waals surface area contributed by atoms with Gasteiger partial charge < -0.3 is 10.3 Å². The highest BCUT2D eigenvalue weighted by atomic mass is 35.5. The standard InChI is InChI=1S/C14H17N3.ClH/c1-14(2)6-5-10(8-17-14)12-9-16-13-11(12)4-3-7-15-13;/h3-5,7,9,17H,6,8H2,1-2H3,(H,15,16);1H. The molecule has 1 aliphatic heterocycles. The SMILES string of the molecule is CC1(C)CC=C(c2c[nH]c3ncccc23)CN1.Cl. The number of hydrogen-bond donors (Lipinski definition) is 2. The van der Waals surface area contributed by atoms with Crippen LogP contribution in [0.25, 0.3) is 16.6 Å². The third-order valence-electron chi connectivity index (χ3n) is 3.41. The lowest BCUT2D eigenvalue weighted by Crippen LogP contribution is -2.42. The fourth-order valence-electron chi connectivity index (χ4n) is 2.28.